The van der Waals surface area contributed by atoms with Crippen molar-refractivity contribution in [3.8, 4) is 0 Å². The molecule has 0 unspecified atom stereocenters. The van der Waals surface area contributed by atoms with Crippen molar-refractivity contribution in [1.29, 1.82) is 0 Å². The SMILES string of the molecule is CON=C1CCCC(O)CCC1. The summed E-state index contributed by atoms with van der Waals surface area (Å²) in [6.07, 6.45) is 5.74. The van der Waals surface area contributed by atoms with E-state index in [0.29, 0.717) is 0 Å². The van der Waals surface area contributed by atoms with E-state index in [0.717, 1.165) is 44.2 Å². The lowest BCUT2D eigenvalue weighted by Gasteiger charge is -2.14. The summed E-state index contributed by atoms with van der Waals surface area (Å²) in [7, 11) is 1.58. The van der Waals surface area contributed by atoms with Gasteiger partial charge in [0.05, 0.1) is 11.8 Å². The highest BCUT2D eigenvalue weighted by molar-refractivity contribution is 5.83. The Bertz CT molecular complexity index is 145. The zero-order chi connectivity index (χ0) is 8.81. The van der Waals surface area contributed by atoms with Crippen molar-refractivity contribution >= 4 is 5.71 Å². The van der Waals surface area contributed by atoms with E-state index < -0.39 is 0 Å². The van der Waals surface area contributed by atoms with Crippen molar-refractivity contribution < 1.29 is 9.94 Å². The fourth-order valence-electron chi connectivity index (χ4n) is 1.57. The molecule has 0 aromatic carbocycles. The van der Waals surface area contributed by atoms with Gasteiger partial charge in [0, 0.05) is 0 Å². The molecule has 1 rings (SSSR count). The maximum Gasteiger partial charge on any atom is 0.106 e. The largest absolute Gasteiger partial charge is 0.399 e. The zero-order valence-corrected chi connectivity index (χ0v) is 7.62. The van der Waals surface area contributed by atoms with Crippen molar-refractivity contribution in [2.45, 2.75) is 44.6 Å². The summed E-state index contributed by atoms with van der Waals surface area (Å²) in [5.41, 5.74) is 1.14. The van der Waals surface area contributed by atoms with E-state index in [2.05, 4.69) is 5.16 Å². The van der Waals surface area contributed by atoms with Crippen molar-refractivity contribution in [3.63, 3.8) is 0 Å². The van der Waals surface area contributed by atoms with Crippen LogP contribution >= 0.6 is 0 Å². The number of aliphatic hydroxyl groups excluding tert-OH is 1. The van der Waals surface area contributed by atoms with Gasteiger partial charge in [-0.15, -0.1) is 0 Å². The normalized spacial score (nSPS) is 25.8. The van der Waals surface area contributed by atoms with E-state index in [1.165, 1.54) is 0 Å². The third-order valence-corrected chi connectivity index (χ3v) is 2.23. The predicted octanol–water partition coefficient (Wildman–Crippen LogP) is 1.70. The third kappa shape index (κ3) is 3.22. The average Bonchev–Trinajstić information content (AvgIpc) is 2.00. The van der Waals surface area contributed by atoms with Crippen LogP contribution in [0, 0.1) is 0 Å². The minimum absolute atomic E-state index is 0.0888. The number of hydrogen-bond donors (Lipinski definition) is 1. The molecule has 0 radical (unpaired) electrons. The minimum atomic E-state index is -0.0888. The Labute approximate surface area is 73.4 Å². The molecule has 1 aliphatic rings. The number of hydrogen-bond acceptors (Lipinski definition) is 3. The monoisotopic (exact) mass is 171 g/mol. The topological polar surface area (TPSA) is 41.8 Å². The Morgan fingerprint density at radius 1 is 1.33 bits per heavy atom. The molecule has 0 amide bonds. The van der Waals surface area contributed by atoms with Crippen molar-refractivity contribution in [3.05, 3.63) is 0 Å². The molecule has 1 fully saturated rings. The zero-order valence-electron chi connectivity index (χ0n) is 7.62. The van der Waals surface area contributed by atoms with E-state index >= 15 is 0 Å². The molecule has 0 saturated heterocycles. The summed E-state index contributed by atoms with van der Waals surface area (Å²) in [5.74, 6) is 0. The molecule has 12 heavy (non-hydrogen) atoms. The Balaban J connectivity index is 2.35. The first-order valence-electron chi connectivity index (χ1n) is 4.60. The van der Waals surface area contributed by atoms with Crippen LogP contribution in [-0.4, -0.2) is 24.0 Å². The van der Waals surface area contributed by atoms with Gasteiger partial charge in [-0.25, -0.2) is 0 Å². The first-order valence-corrected chi connectivity index (χ1v) is 4.60. The fraction of sp³-hybridized carbons (Fsp3) is 0.889. The van der Waals surface area contributed by atoms with Gasteiger partial charge in [0.1, 0.15) is 7.11 Å². The first-order chi connectivity index (χ1) is 5.83. The van der Waals surface area contributed by atoms with Crippen molar-refractivity contribution in [2.75, 3.05) is 7.11 Å². The van der Waals surface area contributed by atoms with Crippen LogP contribution in [0.2, 0.25) is 0 Å². The Kier molecular flexibility index (Phi) is 4.08. The van der Waals surface area contributed by atoms with Crippen LogP contribution < -0.4 is 0 Å². The number of nitrogens with zero attached hydrogens (tertiary/aromatic N) is 1. The average molecular weight is 171 g/mol. The van der Waals surface area contributed by atoms with E-state index in [4.69, 9.17) is 4.84 Å². The smallest absolute Gasteiger partial charge is 0.106 e. The van der Waals surface area contributed by atoms with Crippen LogP contribution in [0.15, 0.2) is 5.16 Å². The van der Waals surface area contributed by atoms with Gasteiger partial charge in [-0.2, -0.15) is 0 Å². The van der Waals surface area contributed by atoms with Crippen LogP contribution in [0.1, 0.15) is 38.5 Å². The molecule has 1 N–H and O–H groups in total. The molecule has 0 aliphatic heterocycles. The molecular formula is C9H17NO2. The fourth-order valence-corrected chi connectivity index (χ4v) is 1.57. The number of oxime groups is 1. The molecule has 70 valence electrons. The Morgan fingerprint density at radius 2 is 1.92 bits per heavy atom. The van der Waals surface area contributed by atoms with Gasteiger partial charge in [-0.1, -0.05) is 5.16 Å². The summed E-state index contributed by atoms with van der Waals surface area (Å²) >= 11 is 0. The van der Waals surface area contributed by atoms with Crippen LogP contribution in [0.5, 0.6) is 0 Å². The third-order valence-electron chi connectivity index (χ3n) is 2.23. The van der Waals surface area contributed by atoms with E-state index in [1.54, 1.807) is 7.11 Å². The van der Waals surface area contributed by atoms with Crippen molar-refractivity contribution in [2.24, 2.45) is 5.16 Å². The molecule has 1 saturated carbocycles. The van der Waals surface area contributed by atoms with Crippen LogP contribution in [0.3, 0.4) is 0 Å². The molecule has 3 heteroatoms. The van der Waals surface area contributed by atoms with Gasteiger partial charge in [-0.05, 0) is 38.5 Å². The lowest BCUT2D eigenvalue weighted by Crippen LogP contribution is -2.12. The summed E-state index contributed by atoms with van der Waals surface area (Å²) in [6.45, 7) is 0. The molecule has 0 aromatic rings. The molecular weight excluding hydrogens is 154 g/mol. The highest BCUT2D eigenvalue weighted by Gasteiger charge is 2.10. The van der Waals surface area contributed by atoms with Gasteiger partial charge in [0.2, 0.25) is 0 Å². The number of aliphatic hydroxyl groups is 1. The maximum atomic E-state index is 9.36. The standard InChI is InChI=1S/C9H17NO2/c1-12-10-8-4-2-6-9(11)7-3-5-8/h9,11H,2-7H2,1H3. The second-order valence-corrected chi connectivity index (χ2v) is 3.28. The lowest BCUT2D eigenvalue weighted by atomic mass is 9.97. The van der Waals surface area contributed by atoms with Crippen LogP contribution in [0.4, 0.5) is 0 Å². The number of rotatable bonds is 1. The summed E-state index contributed by atoms with van der Waals surface area (Å²) in [5, 5.41) is 13.3. The van der Waals surface area contributed by atoms with Gasteiger partial charge >= 0.3 is 0 Å². The second-order valence-electron chi connectivity index (χ2n) is 3.28. The lowest BCUT2D eigenvalue weighted by molar-refractivity contribution is 0.147. The molecule has 0 bridgehead atoms. The second kappa shape index (κ2) is 5.14. The highest BCUT2D eigenvalue weighted by Crippen LogP contribution is 2.15. The molecule has 0 atom stereocenters. The Morgan fingerprint density at radius 3 is 2.42 bits per heavy atom. The first kappa shape index (κ1) is 9.52. The summed E-state index contributed by atoms with van der Waals surface area (Å²) < 4.78 is 0. The van der Waals surface area contributed by atoms with Crippen LogP contribution in [0.25, 0.3) is 0 Å². The molecule has 3 nitrogen and oxygen atoms in total. The van der Waals surface area contributed by atoms with Gasteiger partial charge in [-0.3, -0.25) is 0 Å². The van der Waals surface area contributed by atoms with E-state index in [-0.39, 0.29) is 6.10 Å². The van der Waals surface area contributed by atoms with Gasteiger partial charge in [0.15, 0.2) is 0 Å². The molecule has 0 heterocycles. The van der Waals surface area contributed by atoms with Gasteiger partial charge in [0.25, 0.3) is 0 Å². The minimum Gasteiger partial charge on any atom is -0.399 e. The van der Waals surface area contributed by atoms with E-state index in [1.807, 2.05) is 0 Å². The van der Waals surface area contributed by atoms with Crippen molar-refractivity contribution in [1.82, 2.24) is 0 Å². The molecule has 1 aliphatic carbocycles. The van der Waals surface area contributed by atoms with Crippen LogP contribution in [-0.2, 0) is 4.84 Å². The summed E-state index contributed by atoms with van der Waals surface area (Å²) in [4.78, 5) is 4.73. The quantitative estimate of drug-likeness (QED) is 0.610. The molecule has 0 aromatic heterocycles. The Hall–Kier alpha value is -0.570. The predicted molar refractivity (Wildman–Crippen MR) is 48.2 cm³/mol. The molecule has 0 spiro atoms. The maximum absolute atomic E-state index is 9.36. The summed E-state index contributed by atoms with van der Waals surface area (Å²) in [6, 6.07) is 0. The van der Waals surface area contributed by atoms with E-state index in [9.17, 15) is 5.11 Å². The highest BCUT2D eigenvalue weighted by atomic mass is 16.6. The van der Waals surface area contributed by atoms with Gasteiger partial charge < -0.3 is 9.94 Å².